The summed E-state index contributed by atoms with van der Waals surface area (Å²) in [5, 5.41) is 0. The van der Waals surface area contributed by atoms with Crippen molar-refractivity contribution in [3.63, 3.8) is 0 Å². The van der Waals surface area contributed by atoms with Gasteiger partial charge in [-0.25, -0.2) is 4.98 Å². The molecule has 0 saturated carbocycles. The van der Waals surface area contributed by atoms with Crippen LogP contribution in [0.25, 0.3) is 0 Å². The van der Waals surface area contributed by atoms with E-state index < -0.39 is 0 Å². The first-order valence-electron chi connectivity index (χ1n) is 3.11. The summed E-state index contributed by atoms with van der Waals surface area (Å²) in [6, 6.07) is 0. The second-order valence-electron chi connectivity index (χ2n) is 2.35. The predicted molar refractivity (Wildman–Crippen MR) is 37.9 cm³/mol. The highest BCUT2D eigenvalue weighted by Gasteiger charge is 2.07. The minimum absolute atomic E-state index is 0.0671. The molecule has 0 amide bonds. The topological polar surface area (TPSA) is 34.9 Å². The van der Waals surface area contributed by atoms with Gasteiger partial charge in [0.05, 0.1) is 12.0 Å². The van der Waals surface area contributed by atoms with Crippen LogP contribution in [0.4, 0.5) is 0 Å². The molecule has 54 valence electrons. The number of ketones is 1. The quantitative estimate of drug-likeness (QED) is 0.541. The number of hydrogen-bond donors (Lipinski definition) is 0. The number of nitrogens with zero attached hydrogens (tertiary/aromatic N) is 2. The molecule has 3 nitrogen and oxygen atoms in total. The molecule has 0 aliphatic heterocycles. The van der Waals surface area contributed by atoms with Gasteiger partial charge in [-0.15, -0.1) is 0 Å². The fourth-order valence-electron chi connectivity index (χ4n) is 1.05. The van der Waals surface area contributed by atoms with Crippen LogP contribution in [-0.4, -0.2) is 15.3 Å². The molecule has 0 fully saturated rings. The number of carbonyl (C=O) groups excluding carboxylic acids is 1. The van der Waals surface area contributed by atoms with Crippen LogP contribution in [0.15, 0.2) is 6.33 Å². The molecule has 0 unspecified atom stereocenters. The van der Waals surface area contributed by atoms with Crippen molar-refractivity contribution in [1.82, 2.24) is 9.55 Å². The first-order valence-corrected chi connectivity index (χ1v) is 3.11. The molecule has 1 aromatic heterocycles. The molecule has 1 rings (SSSR count). The summed E-state index contributed by atoms with van der Waals surface area (Å²) in [6.07, 6.45) is 1.64. The minimum atomic E-state index is 0.0671. The Bertz CT molecular complexity index is 243. The molecule has 0 aliphatic carbocycles. The zero-order valence-electron chi connectivity index (χ0n) is 6.38. The first-order chi connectivity index (χ1) is 4.63. The van der Waals surface area contributed by atoms with E-state index in [0.717, 1.165) is 5.69 Å². The van der Waals surface area contributed by atoms with Crippen LogP contribution in [0.3, 0.4) is 0 Å². The summed E-state index contributed by atoms with van der Waals surface area (Å²) in [6.45, 7) is 3.38. The van der Waals surface area contributed by atoms with Crippen LogP contribution in [-0.2, 0) is 7.05 Å². The zero-order valence-corrected chi connectivity index (χ0v) is 6.38. The summed E-state index contributed by atoms with van der Waals surface area (Å²) in [7, 11) is 1.82. The van der Waals surface area contributed by atoms with Gasteiger partial charge in [0.2, 0.25) is 0 Å². The highest BCUT2D eigenvalue weighted by molar-refractivity contribution is 5.93. The largest absolute Gasteiger partial charge is 0.331 e. The van der Waals surface area contributed by atoms with Gasteiger partial charge in [0.25, 0.3) is 0 Å². The molecule has 1 heterocycles. The number of hydrogen-bond acceptors (Lipinski definition) is 2. The standard InChI is InChI=1S/C7H10N2O/c1-5-7(6(2)10)9(3)4-8-5/h4H,1-3H3. The molecular weight excluding hydrogens is 128 g/mol. The van der Waals surface area contributed by atoms with Crippen molar-refractivity contribution >= 4 is 5.78 Å². The maximum Gasteiger partial charge on any atom is 0.178 e. The number of Topliss-reactive ketones (excluding diaryl/α,β-unsaturated/α-hetero) is 1. The number of imidazole rings is 1. The summed E-state index contributed by atoms with van der Waals surface area (Å²) in [4.78, 5) is 14.9. The van der Waals surface area contributed by atoms with Crippen molar-refractivity contribution in [3.05, 3.63) is 17.7 Å². The normalized spacial score (nSPS) is 9.90. The van der Waals surface area contributed by atoms with Gasteiger partial charge in [0.1, 0.15) is 5.69 Å². The second kappa shape index (κ2) is 2.25. The molecule has 0 N–H and O–H groups in total. The highest BCUT2D eigenvalue weighted by atomic mass is 16.1. The monoisotopic (exact) mass is 138 g/mol. The molecule has 0 spiro atoms. The molecule has 0 aromatic carbocycles. The third-order valence-electron chi connectivity index (χ3n) is 1.45. The lowest BCUT2D eigenvalue weighted by molar-refractivity contribution is 0.100. The molecule has 0 bridgehead atoms. The SMILES string of the molecule is CC(=O)c1c(C)ncn1C. The van der Waals surface area contributed by atoms with E-state index in [4.69, 9.17) is 0 Å². The smallest absolute Gasteiger partial charge is 0.178 e. The van der Waals surface area contributed by atoms with Gasteiger partial charge in [-0.2, -0.15) is 0 Å². The summed E-state index contributed by atoms with van der Waals surface area (Å²) in [5.74, 6) is 0.0671. The van der Waals surface area contributed by atoms with E-state index in [2.05, 4.69) is 4.98 Å². The fraction of sp³-hybridized carbons (Fsp3) is 0.429. The molecule has 1 aromatic rings. The van der Waals surface area contributed by atoms with Crippen molar-refractivity contribution in [2.45, 2.75) is 13.8 Å². The Morgan fingerprint density at radius 2 is 2.30 bits per heavy atom. The predicted octanol–water partition coefficient (Wildman–Crippen LogP) is 0.931. The summed E-state index contributed by atoms with van der Waals surface area (Å²) < 4.78 is 1.73. The summed E-state index contributed by atoms with van der Waals surface area (Å²) in [5.41, 5.74) is 1.50. The van der Waals surface area contributed by atoms with Crippen LogP contribution < -0.4 is 0 Å². The van der Waals surface area contributed by atoms with Gasteiger partial charge < -0.3 is 4.57 Å². The van der Waals surface area contributed by atoms with Crippen LogP contribution in [0.5, 0.6) is 0 Å². The Hall–Kier alpha value is -1.12. The van der Waals surface area contributed by atoms with E-state index in [1.165, 1.54) is 0 Å². The number of aryl methyl sites for hydroxylation is 2. The molecule has 0 radical (unpaired) electrons. The van der Waals surface area contributed by atoms with Gasteiger partial charge in [-0.3, -0.25) is 4.79 Å². The van der Waals surface area contributed by atoms with Gasteiger partial charge in [-0.1, -0.05) is 0 Å². The first kappa shape index (κ1) is 6.99. The minimum Gasteiger partial charge on any atom is -0.331 e. The van der Waals surface area contributed by atoms with Crippen molar-refractivity contribution in [1.29, 1.82) is 0 Å². The molecule has 0 atom stereocenters. The van der Waals surface area contributed by atoms with Crippen molar-refractivity contribution in [2.75, 3.05) is 0 Å². The van der Waals surface area contributed by atoms with E-state index in [9.17, 15) is 4.79 Å². The molecule has 3 heteroatoms. The van der Waals surface area contributed by atoms with Crippen molar-refractivity contribution in [2.24, 2.45) is 7.05 Å². The molecule has 0 saturated heterocycles. The molecular formula is C7H10N2O. The molecule has 0 aliphatic rings. The fourth-order valence-corrected chi connectivity index (χ4v) is 1.05. The third-order valence-corrected chi connectivity index (χ3v) is 1.45. The number of aromatic nitrogens is 2. The molecule has 10 heavy (non-hydrogen) atoms. The average Bonchev–Trinajstić information content (AvgIpc) is 2.11. The number of carbonyl (C=O) groups is 1. The lowest BCUT2D eigenvalue weighted by atomic mass is 10.2. The zero-order chi connectivity index (χ0) is 7.72. The van der Waals surface area contributed by atoms with Crippen LogP contribution in [0.1, 0.15) is 23.1 Å². The van der Waals surface area contributed by atoms with E-state index in [0.29, 0.717) is 5.69 Å². The number of rotatable bonds is 1. The van der Waals surface area contributed by atoms with Gasteiger partial charge in [0.15, 0.2) is 5.78 Å². The van der Waals surface area contributed by atoms with Crippen molar-refractivity contribution in [3.8, 4) is 0 Å². The third kappa shape index (κ3) is 0.943. The Morgan fingerprint density at radius 3 is 2.50 bits per heavy atom. The van der Waals surface area contributed by atoms with E-state index in [1.54, 1.807) is 17.8 Å². The lowest BCUT2D eigenvalue weighted by Gasteiger charge is -1.95. The second-order valence-corrected chi connectivity index (χ2v) is 2.35. The van der Waals surface area contributed by atoms with Gasteiger partial charge in [-0.05, 0) is 6.92 Å². The lowest BCUT2D eigenvalue weighted by Crippen LogP contribution is -2.02. The van der Waals surface area contributed by atoms with Crippen LogP contribution >= 0.6 is 0 Å². The van der Waals surface area contributed by atoms with Crippen LogP contribution in [0.2, 0.25) is 0 Å². The van der Waals surface area contributed by atoms with E-state index in [-0.39, 0.29) is 5.78 Å². The maximum absolute atomic E-state index is 10.9. The average molecular weight is 138 g/mol. The maximum atomic E-state index is 10.9. The van der Waals surface area contributed by atoms with Gasteiger partial charge >= 0.3 is 0 Å². The van der Waals surface area contributed by atoms with Crippen LogP contribution in [0, 0.1) is 6.92 Å². The van der Waals surface area contributed by atoms with Gasteiger partial charge in [0, 0.05) is 14.0 Å². The highest BCUT2D eigenvalue weighted by Crippen LogP contribution is 2.03. The Labute approximate surface area is 59.7 Å². The Morgan fingerprint density at radius 1 is 1.70 bits per heavy atom. The summed E-state index contributed by atoms with van der Waals surface area (Å²) >= 11 is 0. The van der Waals surface area contributed by atoms with Crippen molar-refractivity contribution < 1.29 is 4.79 Å². The van der Waals surface area contributed by atoms with E-state index >= 15 is 0 Å². The Kier molecular flexibility index (Phi) is 1.57. The Balaban J connectivity index is 3.23. The van der Waals surface area contributed by atoms with E-state index in [1.807, 2.05) is 14.0 Å².